The van der Waals surface area contributed by atoms with Crippen molar-refractivity contribution in [2.24, 2.45) is 0 Å². The van der Waals surface area contributed by atoms with Gasteiger partial charge in [0.05, 0.1) is 39.7 Å². The maximum atomic E-state index is 12.6. The molecule has 1 aromatic heterocycles. The van der Waals surface area contributed by atoms with Crippen LogP contribution in [0.15, 0.2) is 29.1 Å². The van der Waals surface area contributed by atoms with Gasteiger partial charge in [0, 0.05) is 30.3 Å². The van der Waals surface area contributed by atoms with Gasteiger partial charge < -0.3 is 28.3 Å². The van der Waals surface area contributed by atoms with Gasteiger partial charge in [0.25, 0.3) is 5.56 Å². The highest BCUT2D eigenvalue weighted by molar-refractivity contribution is 5.75. The Morgan fingerprint density at radius 2 is 2.00 bits per heavy atom. The Balaban J connectivity index is 1.69. The summed E-state index contributed by atoms with van der Waals surface area (Å²) in [5.74, 6) is 1.94. The first-order chi connectivity index (χ1) is 13.2. The molecule has 0 amide bonds. The molecule has 0 unspecified atom stereocenters. The minimum Gasteiger partial charge on any atom is -0.497 e. The molecular weight excluding hydrogens is 350 g/mol. The maximum Gasteiger partial charge on any atom is 0.254 e. The van der Waals surface area contributed by atoms with Gasteiger partial charge in [-0.3, -0.25) is 4.79 Å². The van der Waals surface area contributed by atoms with Crippen molar-refractivity contribution in [3.05, 3.63) is 40.2 Å². The lowest BCUT2D eigenvalue weighted by Gasteiger charge is -2.26. The minimum atomic E-state index is -0.122. The van der Waals surface area contributed by atoms with Crippen molar-refractivity contribution in [3.8, 4) is 28.5 Å². The Bertz CT molecular complexity index is 868. The average Bonchev–Trinajstić information content (AvgIpc) is 2.71. The smallest absolute Gasteiger partial charge is 0.254 e. The summed E-state index contributed by atoms with van der Waals surface area (Å²) in [6.07, 6.45) is 0.618. The van der Waals surface area contributed by atoms with E-state index in [0.717, 1.165) is 29.0 Å². The molecule has 2 aromatic rings. The van der Waals surface area contributed by atoms with Crippen LogP contribution >= 0.6 is 0 Å². The van der Waals surface area contributed by atoms with Gasteiger partial charge in [-0.2, -0.15) is 0 Å². The molecule has 0 aliphatic carbocycles. The van der Waals surface area contributed by atoms with Crippen LogP contribution in [0.1, 0.15) is 5.56 Å². The lowest BCUT2D eigenvalue weighted by Crippen LogP contribution is -2.33. The van der Waals surface area contributed by atoms with Crippen LogP contribution in [0.2, 0.25) is 0 Å². The van der Waals surface area contributed by atoms with Crippen LogP contribution in [0.5, 0.6) is 17.2 Å². The van der Waals surface area contributed by atoms with Crippen LogP contribution in [-0.2, 0) is 22.4 Å². The molecule has 1 fully saturated rings. The highest BCUT2D eigenvalue weighted by atomic mass is 16.6. The number of hydrogen-bond acceptors (Lipinski definition) is 6. The summed E-state index contributed by atoms with van der Waals surface area (Å²) in [7, 11) is 3.25. The van der Waals surface area contributed by atoms with E-state index < -0.39 is 0 Å². The van der Waals surface area contributed by atoms with Crippen molar-refractivity contribution >= 4 is 0 Å². The molecular formula is C20H23NO6. The van der Waals surface area contributed by atoms with Crippen LogP contribution in [0.25, 0.3) is 11.3 Å². The van der Waals surface area contributed by atoms with E-state index in [1.807, 2.05) is 18.2 Å². The normalized spacial score (nSPS) is 18.4. The number of ether oxygens (including phenoxy) is 5. The molecule has 3 heterocycles. The maximum absolute atomic E-state index is 12.6. The van der Waals surface area contributed by atoms with Crippen LogP contribution < -0.4 is 19.8 Å². The summed E-state index contributed by atoms with van der Waals surface area (Å²) in [6, 6.07) is 7.23. The topological polar surface area (TPSA) is 68.2 Å². The van der Waals surface area contributed by atoms with Crippen LogP contribution in [0.3, 0.4) is 0 Å². The van der Waals surface area contributed by atoms with E-state index in [1.165, 1.54) is 6.07 Å². The van der Waals surface area contributed by atoms with E-state index in [0.29, 0.717) is 44.5 Å². The zero-order chi connectivity index (χ0) is 18.8. The Hall–Kier alpha value is -2.51. The van der Waals surface area contributed by atoms with Gasteiger partial charge in [-0.15, -0.1) is 0 Å². The molecule has 1 atom stereocenters. The molecule has 0 saturated carbocycles. The number of nitrogens with zero attached hydrogens (tertiary/aromatic N) is 1. The zero-order valence-corrected chi connectivity index (χ0v) is 15.5. The van der Waals surface area contributed by atoms with Crippen molar-refractivity contribution in [1.82, 2.24) is 4.57 Å². The number of hydrogen-bond donors (Lipinski definition) is 0. The van der Waals surface area contributed by atoms with Crippen molar-refractivity contribution < 1.29 is 23.7 Å². The summed E-state index contributed by atoms with van der Waals surface area (Å²) in [5, 5.41) is 0. The monoisotopic (exact) mass is 373 g/mol. The number of aryl methyl sites for hydroxylation is 1. The number of methoxy groups -OCH3 is 2. The Morgan fingerprint density at radius 3 is 2.74 bits per heavy atom. The molecule has 0 N–H and O–H groups in total. The van der Waals surface area contributed by atoms with Gasteiger partial charge >= 0.3 is 0 Å². The molecule has 144 valence electrons. The number of benzene rings is 1. The fourth-order valence-electron chi connectivity index (χ4n) is 3.56. The minimum absolute atomic E-state index is 0.0909. The first kappa shape index (κ1) is 17.9. The lowest BCUT2D eigenvalue weighted by molar-refractivity contribution is -0.101. The molecule has 1 saturated heterocycles. The summed E-state index contributed by atoms with van der Waals surface area (Å²) < 4.78 is 29.5. The number of pyridine rings is 1. The van der Waals surface area contributed by atoms with Gasteiger partial charge in [0.2, 0.25) is 0 Å². The number of rotatable bonds is 5. The molecule has 7 nitrogen and oxygen atoms in total. The van der Waals surface area contributed by atoms with Crippen molar-refractivity contribution in [2.75, 3.05) is 40.6 Å². The Kier molecular flexibility index (Phi) is 5.05. The first-order valence-electron chi connectivity index (χ1n) is 9.02. The van der Waals surface area contributed by atoms with Gasteiger partial charge in [-0.1, -0.05) is 0 Å². The highest BCUT2D eigenvalue weighted by Gasteiger charge is 2.23. The van der Waals surface area contributed by atoms with Crippen molar-refractivity contribution in [3.63, 3.8) is 0 Å². The molecule has 2 aliphatic heterocycles. The summed E-state index contributed by atoms with van der Waals surface area (Å²) in [5.41, 5.74) is 2.70. The van der Waals surface area contributed by atoms with E-state index in [-0.39, 0.29) is 11.7 Å². The van der Waals surface area contributed by atoms with Gasteiger partial charge in [-0.25, -0.2) is 0 Å². The number of fused-ring (bicyclic) bond motifs is 3. The van der Waals surface area contributed by atoms with Gasteiger partial charge in [0.1, 0.15) is 30.0 Å². The first-order valence-corrected chi connectivity index (χ1v) is 9.02. The summed E-state index contributed by atoms with van der Waals surface area (Å²) in [4.78, 5) is 12.6. The predicted molar refractivity (Wildman–Crippen MR) is 99.0 cm³/mol. The molecule has 1 aromatic carbocycles. The third-order valence-electron chi connectivity index (χ3n) is 4.90. The second-order valence-electron chi connectivity index (χ2n) is 6.56. The molecule has 0 bridgehead atoms. The van der Waals surface area contributed by atoms with E-state index in [2.05, 4.69) is 0 Å². The SMILES string of the molecule is COc1cc2c(c(OC)c1)-c1cc(OC[C@@H]3COCCO3)cc(=O)n1CC2. The second-order valence-corrected chi connectivity index (χ2v) is 6.56. The average molecular weight is 373 g/mol. The molecule has 27 heavy (non-hydrogen) atoms. The van der Waals surface area contributed by atoms with E-state index in [9.17, 15) is 4.79 Å². The molecule has 4 rings (SSSR count). The molecule has 7 heteroatoms. The Labute approximate surface area is 157 Å². The van der Waals surface area contributed by atoms with E-state index in [4.69, 9.17) is 23.7 Å². The van der Waals surface area contributed by atoms with E-state index >= 15 is 0 Å². The van der Waals surface area contributed by atoms with Gasteiger partial charge in [0.15, 0.2) is 0 Å². The quantitative estimate of drug-likeness (QED) is 0.797. The van der Waals surface area contributed by atoms with Gasteiger partial charge in [-0.05, 0) is 18.1 Å². The van der Waals surface area contributed by atoms with Crippen molar-refractivity contribution in [2.45, 2.75) is 19.1 Å². The largest absolute Gasteiger partial charge is 0.497 e. The molecule has 2 aliphatic rings. The van der Waals surface area contributed by atoms with Crippen LogP contribution in [0, 0.1) is 0 Å². The third-order valence-corrected chi connectivity index (χ3v) is 4.90. The molecule has 0 spiro atoms. The van der Waals surface area contributed by atoms with E-state index in [1.54, 1.807) is 18.8 Å². The Morgan fingerprint density at radius 1 is 1.11 bits per heavy atom. The lowest BCUT2D eigenvalue weighted by atomic mass is 9.95. The zero-order valence-electron chi connectivity index (χ0n) is 15.5. The fourth-order valence-corrected chi connectivity index (χ4v) is 3.56. The predicted octanol–water partition coefficient (Wildman–Crippen LogP) is 1.88. The van der Waals surface area contributed by atoms with Crippen molar-refractivity contribution in [1.29, 1.82) is 0 Å². The van der Waals surface area contributed by atoms with Crippen LogP contribution in [-0.4, -0.2) is 51.3 Å². The highest BCUT2D eigenvalue weighted by Crippen LogP contribution is 2.40. The second kappa shape index (κ2) is 7.62. The number of aromatic nitrogens is 1. The van der Waals surface area contributed by atoms with Crippen LogP contribution in [0.4, 0.5) is 0 Å². The summed E-state index contributed by atoms with van der Waals surface area (Å²) in [6.45, 7) is 2.62. The standard InChI is InChI=1S/C20H23NO6/c1-23-14-7-13-3-4-21-17(20(13)18(9-14)24-2)8-15(10-19(21)22)27-12-16-11-25-5-6-26-16/h7-10,16H,3-6,11-12H2,1-2H3/t16-/m0/s1. The third kappa shape index (κ3) is 3.52. The fraction of sp³-hybridized carbons (Fsp3) is 0.450. The summed E-state index contributed by atoms with van der Waals surface area (Å²) >= 11 is 0. The molecule has 0 radical (unpaired) electrons.